The van der Waals surface area contributed by atoms with Crippen LogP contribution in [0.5, 0.6) is 5.19 Å². The maximum Gasteiger partial charge on any atom is 0.273 e. The summed E-state index contributed by atoms with van der Waals surface area (Å²) in [6.07, 6.45) is 0.796. The quantitative estimate of drug-likeness (QED) is 0.669. The van der Waals surface area contributed by atoms with E-state index in [4.69, 9.17) is 14.9 Å². The molecule has 1 aromatic rings. The van der Waals surface area contributed by atoms with Crippen LogP contribution in [0.1, 0.15) is 0 Å². The summed E-state index contributed by atoms with van der Waals surface area (Å²) < 4.78 is 5.00. The van der Waals surface area contributed by atoms with Gasteiger partial charge in [0.1, 0.15) is 12.7 Å². The third-order valence-electron chi connectivity index (χ3n) is 1.02. The van der Waals surface area contributed by atoms with E-state index in [1.165, 1.54) is 11.3 Å². The van der Waals surface area contributed by atoms with Gasteiger partial charge in [-0.15, -0.1) is 0 Å². The number of hydrogen-bond donors (Lipinski definition) is 2. The van der Waals surface area contributed by atoms with Gasteiger partial charge in [0.2, 0.25) is 0 Å². The van der Waals surface area contributed by atoms with Crippen molar-refractivity contribution < 1.29 is 14.9 Å². The topological polar surface area (TPSA) is 62.6 Å². The minimum Gasteiger partial charge on any atom is -0.467 e. The predicted octanol–water partition coefficient (Wildman–Crippen LogP) is -0.125. The highest BCUT2D eigenvalue weighted by Gasteiger charge is 2.03. The summed E-state index contributed by atoms with van der Waals surface area (Å²) >= 11 is 1.35. The second-order valence-electron chi connectivity index (χ2n) is 1.95. The second kappa shape index (κ2) is 4.27. The van der Waals surface area contributed by atoms with Crippen molar-refractivity contribution in [2.45, 2.75) is 6.10 Å². The van der Waals surface area contributed by atoms with E-state index in [1.807, 2.05) is 0 Å². The summed E-state index contributed by atoms with van der Waals surface area (Å²) in [6.45, 7) is -0.199. The van der Waals surface area contributed by atoms with Crippen molar-refractivity contribution in [1.29, 1.82) is 0 Å². The summed E-state index contributed by atoms with van der Waals surface area (Å²) in [5.41, 5.74) is 0. The molecule has 0 saturated heterocycles. The minimum absolute atomic E-state index is 0.0873. The van der Waals surface area contributed by atoms with Crippen molar-refractivity contribution in [2.75, 3.05) is 13.2 Å². The monoisotopic (exact) mass is 175 g/mol. The van der Waals surface area contributed by atoms with Crippen molar-refractivity contribution in [3.05, 3.63) is 11.6 Å². The lowest BCUT2D eigenvalue weighted by atomic mass is 10.4. The zero-order valence-corrected chi connectivity index (χ0v) is 6.62. The molecular formula is C6H9NO3S. The molecule has 1 aromatic heterocycles. The number of hydrogen-bond acceptors (Lipinski definition) is 5. The average molecular weight is 175 g/mol. The van der Waals surface area contributed by atoms with Gasteiger partial charge in [0.25, 0.3) is 5.19 Å². The van der Waals surface area contributed by atoms with E-state index in [9.17, 15) is 0 Å². The third-order valence-corrected chi connectivity index (χ3v) is 1.70. The number of aliphatic hydroxyl groups is 2. The summed E-state index contributed by atoms with van der Waals surface area (Å²) in [5.74, 6) is 0. The lowest BCUT2D eigenvalue weighted by Gasteiger charge is -2.05. The first kappa shape index (κ1) is 8.45. The van der Waals surface area contributed by atoms with Crippen molar-refractivity contribution in [3.8, 4) is 5.19 Å². The van der Waals surface area contributed by atoms with E-state index in [1.54, 1.807) is 11.6 Å². The van der Waals surface area contributed by atoms with Crippen LogP contribution in [0.2, 0.25) is 0 Å². The molecule has 1 atom stereocenters. The number of rotatable bonds is 4. The molecule has 0 amide bonds. The first-order chi connectivity index (χ1) is 5.33. The van der Waals surface area contributed by atoms with Crippen molar-refractivity contribution in [3.63, 3.8) is 0 Å². The van der Waals surface area contributed by atoms with Crippen LogP contribution in [0.4, 0.5) is 0 Å². The van der Waals surface area contributed by atoms with Crippen LogP contribution in [0.25, 0.3) is 0 Å². The molecule has 0 spiro atoms. The molecule has 5 heteroatoms. The summed E-state index contributed by atoms with van der Waals surface area (Å²) in [4.78, 5) is 3.83. The number of aromatic nitrogens is 1. The Morgan fingerprint density at radius 1 is 1.73 bits per heavy atom. The fourth-order valence-electron chi connectivity index (χ4n) is 0.502. The number of ether oxygens (including phenoxy) is 1. The predicted molar refractivity (Wildman–Crippen MR) is 40.7 cm³/mol. The van der Waals surface area contributed by atoms with Crippen LogP contribution in [0, 0.1) is 0 Å². The minimum atomic E-state index is -0.820. The average Bonchev–Trinajstić information content (AvgIpc) is 2.52. The molecule has 62 valence electrons. The zero-order valence-electron chi connectivity index (χ0n) is 5.80. The van der Waals surface area contributed by atoms with Crippen molar-refractivity contribution in [1.82, 2.24) is 4.98 Å². The Bertz CT molecular complexity index is 190. The molecule has 0 aliphatic rings. The van der Waals surface area contributed by atoms with Crippen LogP contribution in [-0.4, -0.2) is 34.5 Å². The molecule has 0 radical (unpaired) electrons. The van der Waals surface area contributed by atoms with Gasteiger partial charge in [-0.2, -0.15) is 0 Å². The molecule has 2 N–H and O–H groups in total. The maximum atomic E-state index is 8.86. The Labute approximate surface area is 68.1 Å². The van der Waals surface area contributed by atoms with E-state index in [0.717, 1.165) is 0 Å². The Balaban J connectivity index is 2.23. The molecule has 11 heavy (non-hydrogen) atoms. The molecule has 1 rings (SSSR count). The Kier molecular flexibility index (Phi) is 3.28. The van der Waals surface area contributed by atoms with E-state index in [0.29, 0.717) is 5.19 Å². The zero-order chi connectivity index (χ0) is 8.10. The highest BCUT2D eigenvalue weighted by molar-refractivity contribution is 7.11. The molecule has 1 heterocycles. The Morgan fingerprint density at radius 2 is 2.55 bits per heavy atom. The maximum absolute atomic E-state index is 8.86. The van der Waals surface area contributed by atoms with Gasteiger partial charge in [-0.25, -0.2) is 4.98 Å². The largest absolute Gasteiger partial charge is 0.467 e. The van der Waals surface area contributed by atoms with Crippen LogP contribution >= 0.6 is 11.3 Å². The van der Waals surface area contributed by atoms with Gasteiger partial charge in [0.15, 0.2) is 0 Å². The smallest absolute Gasteiger partial charge is 0.273 e. The molecular weight excluding hydrogens is 166 g/mol. The van der Waals surface area contributed by atoms with Gasteiger partial charge in [-0.3, -0.25) is 0 Å². The highest BCUT2D eigenvalue weighted by Crippen LogP contribution is 2.13. The fourth-order valence-corrected chi connectivity index (χ4v) is 0.998. The van der Waals surface area contributed by atoms with Gasteiger partial charge in [0.05, 0.1) is 6.61 Å². The SMILES string of the molecule is OCC(O)COc1nccs1. The standard InChI is InChI=1S/C6H9NO3S/c8-3-5(9)4-10-6-7-1-2-11-6/h1-2,5,8-9H,3-4H2. The van der Waals surface area contributed by atoms with E-state index < -0.39 is 6.10 Å². The Hall–Kier alpha value is -0.650. The third kappa shape index (κ3) is 2.83. The van der Waals surface area contributed by atoms with Crippen molar-refractivity contribution >= 4 is 11.3 Å². The van der Waals surface area contributed by atoms with Crippen LogP contribution in [0.15, 0.2) is 11.6 Å². The van der Waals surface area contributed by atoms with Gasteiger partial charge in [0, 0.05) is 11.6 Å². The molecule has 0 saturated carbocycles. The van der Waals surface area contributed by atoms with Crippen molar-refractivity contribution in [2.24, 2.45) is 0 Å². The fraction of sp³-hybridized carbons (Fsp3) is 0.500. The van der Waals surface area contributed by atoms with Crippen LogP contribution < -0.4 is 4.74 Å². The molecule has 0 bridgehead atoms. The normalized spacial score (nSPS) is 12.9. The van der Waals surface area contributed by atoms with Crippen LogP contribution in [-0.2, 0) is 0 Å². The number of thiazole rings is 1. The molecule has 1 unspecified atom stereocenters. The number of nitrogens with zero attached hydrogens (tertiary/aromatic N) is 1. The lowest BCUT2D eigenvalue weighted by Crippen LogP contribution is -2.21. The molecule has 0 aliphatic heterocycles. The summed E-state index contributed by atoms with van der Waals surface area (Å²) in [7, 11) is 0. The van der Waals surface area contributed by atoms with Gasteiger partial charge in [-0.05, 0) is 0 Å². The lowest BCUT2D eigenvalue weighted by molar-refractivity contribution is 0.0535. The highest BCUT2D eigenvalue weighted by atomic mass is 32.1. The van der Waals surface area contributed by atoms with E-state index in [2.05, 4.69) is 4.98 Å². The second-order valence-corrected chi connectivity index (χ2v) is 2.80. The summed E-state index contributed by atoms with van der Waals surface area (Å²) in [6, 6.07) is 0. The summed E-state index contributed by atoms with van der Waals surface area (Å²) in [5, 5.41) is 19.6. The molecule has 0 aliphatic carbocycles. The first-order valence-electron chi connectivity index (χ1n) is 3.14. The van der Waals surface area contributed by atoms with Crippen LogP contribution in [0.3, 0.4) is 0 Å². The van der Waals surface area contributed by atoms with E-state index in [-0.39, 0.29) is 13.2 Å². The van der Waals surface area contributed by atoms with Gasteiger partial charge < -0.3 is 14.9 Å². The molecule has 4 nitrogen and oxygen atoms in total. The van der Waals surface area contributed by atoms with Gasteiger partial charge >= 0.3 is 0 Å². The van der Waals surface area contributed by atoms with E-state index >= 15 is 0 Å². The molecule has 0 aromatic carbocycles. The molecule has 0 fully saturated rings. The first-order valence-corrected chi connectivity index (χ1v) is 4.02. The Morgan fingerprint density at radius 3 is 3.09 bits per heavy atom. The van der Waals surface area contributed by atoms with Gasteiger partial charge in [-0.1, -0.05) is 11.3 Å². The number of aliphatic hydroxyl groups excluding tert-OH is 2.